The zero-order valence-electron chi connectivity index (χ0n) is 18.6. The summed E-state index contributed by atoms with van der Waals surface area (Å²) < 4.78 is -0.494. The summed E-state index contributed by atoms with van der Waals surface area (Å²) in [7, 11) is 0. The van der Waals surface area contributed by atoms with E-state index in [0.717, 1.165) is 57.9 Å². The van der Waals surface area contributed by atoms with Gasteiger partial charge in [-0.2, -0.15) is 0 Å². The summed E-state index contributed by atoms with van der Waals surface area (Å²) in [6, 6.07) is -1.22. The van der Waals surface area contributed by atoms with Gasteiger partial charge in [-0.15, -0.1) is 24.2 Å². The Labute approximate surface area is 194 Å². The van der Waals surface area contributed by atoms with Gasteiger partial charge in [-0.25, -0.2) is 4.79 Å². The molecule has 3 fully saturated rings. The third-order valence-corrected chi connectivity index (χ3v) is 8.43. The number of rotatable bonds is 7. The maximum absolute atomic E-state index is 12.5. The number of carboxylic acids is 1. The highest BCUT2D eigenvalue weighted by Gasteiger charge is 2.63. The van der Waals surface area contributed by atoms with Crippen LogP contribution in [0.15, 0.2) is 9.98 Å². The zero-order valence-corrected chi connectivity index (χ0v) is 20.2. The lowest BCUT2D eigenvalue weighted by molar-refractivity contribution is -0.158. The summed E-state index contributed by atoms with van der Waals surface area (Å²) in [5, 5.41) is 9.35. The van der Waals surface area contributed by atoms with Gasteiger partial charge >= 0.3 is 5.97 Å². The Hall–Kier alpha value is -1.48. The average Bonchev–Trinajstić information content (AvgIpc) is 3.27. The maximum Gasteiger partial charge on any atom is 0.327 e. The van der Waals surface area contributed by atoms with Crippen LogP contribution in [0, 0.1) is 5.92 Å². The number of β-lactam (4-membered cyclic amide) rings is 1. The van der Waals surface area contributed by atoms with Gasteiger partial charge in [-0.05, 0) is 46.0 Å². The normalized spacial score (nSPS) is 30.3. The number of nitrogens with zero attached hydrogens (tertiary/aromatic N) is 5. The third kappa shape index (κ3) is 4.67. The van der Waals surface area contributed by atoms with Crippen LogP contribution >= 0.6 is 24.2 Å². The lowest BCUT2D eigenvalue weighted by Crippen LogP contribution is -2.65. The van der Waals surface area contributed by atoms with Gasteiger partial charge in [0, 0.05) is 37.3 Å². The predicted octanol–water partition coefficient (Wildman–Crippen LogP) is 2.18. The smallest absolute Gasteiger partial charge is 0.327 e. The summed E-state index contributed by atoms with van der Waals surface area (Å²) in [6.45, 7) is 11.0. The lowest BCUT2D eigenvalue weighted by atomic mass is 9.92. The van der Waals surface area contributed by atoms with Crippen molar-refractivity contribution in [2.75, 3.05) is 32.7 Å². The molecule has 0 saturated carbocycles. The van der Waals surface area contributed by atoms with Crippen molar-refractivity contribution in [3.05, 3.63) is 0 Å². The molecule has 0 aromatic carbocycles. The van der Waals surface area contributed by atoms with Crippen LogP contribution in [0.4, 0.5) is 0 Å². The van der Waals surface area contributed by atoms with Crippen molar-refractivity contribution in [1.29, 1.82) is 0 Å². The Balaban J connectivity index is 0.00000272. The van der Waals surface area contributed by atoms with Gasteiger partial charge in [0.05, 0.1) is 18.7 Å². The molecule has 0 bridgehead atoms. The van der Waals surface area contributed by atoms with Gasteiger partial charge in [0.1, 0.15) is 11.4 Å². The molecule has 0 aromatic rings. The van der Waals surface area contributed by atoms with Crippen LogP contribution in [0.1, 0.15) is 46.5 Å². The van der Waals surface area contributed by atoms with Gasteiger partial charge in [-0.1, -0.05) is 0 Å². The Morgan fingerprint density at radius 1 is 1.32 bits per heavy atom. The first-order valence-corrected chi connectivity index (χ1v) is 12.0. The van der Waals surface area contributed by atoms with Crippen LogP contribution in [-0.2, 0) is 9.59 Å². The number of hydrogen-bond acceptors (Lipinski definition) is 6. The summed E-state index contributed by atoms with van der Waals surface area (Å²) in [5.74, 6) is 0.916. The first-order chi connectivity index (χ1) is 14.3. The molecule has 2 unspecified atom stereocenters. The third-order valence-electron chi connectivity index (χ3n) is 6.87. The first kappa shape index (κ1) is 24.2. The lowest BCUT2D eigenvalue weighted by Gasteiger charge is -2.41. The highest BCUT2D eigenvalue weighted by Crippen LogP contribution is 2.51. The van der Waals surface area contributed by atoms with Crippen molar-refractivity contribution in [2.24, 2.45) is 15.9 Å². The van der Waals surface area contributed by atoms with E-state index in [0.29, 0.717) is 0 Å². The maximum atomic E-state index is 12.5. The van der Waals surface area contributed by atoms with Crippen molar-refractivity contribution in [3.63, 3.8) is 0 Å². The molecule has 4 aliphatic rings. The number of amides is 1. The van der Waals surface area contributed by atoms with E-state index in [1.54, 1.807) is 11.8 Å². The van der Waals surface area contributed by atoms with Crippen LogP contribution in [0.2, 0.25) is 0 Å². The molecule has 0 radical (unpaired) electrons. The number of aliphatic carboxylic acids is 1. The molecule has 31 heavy (non-hydrogen) atoms. The Morgan fingerprint density at radius 2 is 2.03 bits per heavy atom. The van der Waals surface area contributed by atoms with Crippen molar-refractivity contribution in [3.8, 4) is 0 Å². The second-order valence-electron chi connectivity index (χ2n) is 9.20. The Kier molecular flexibility index (Phi) is 7.46. The second kappa shape index (κ2) is 9.57. The molecule has 4 heterocycles. The van der Waals surface area contributed by atoms with E-state index in [1.807, 2.05) is 20.2 Å². The standard InChI is InChI=1S/C21H33N5O3S.ClH/c1-4-25-12-9-22-15(25)6-5-14-7-10-24(11-8-14)13-23-16-18(27)26-17(20(28)29)21(2,3)30-19(16)26;/h13-14,16-17,19H,4-12H2,1-3H3,(H,28,29);1H/t16?,17-,19?;/m0./s1. The summed E-state index contributed by atoms with van der Waals surface area (Å²) >= 11 is 1.55. The highest BCUT2D eigenvalue weighted by molar-refractivity contribution is 8.01. The fraction of sp³-hybridized carbons (Fsp3) is 0.810. The van der Waals surface area contributed by atoms with Gasteiger partial charge in [-0.3, -0.25) is 14.8 Å². The SMILES string of the molecule is CCN1CCN=C1CCC1CCN(C=NC2C(=O)N3C2SC(C)(C)[C@@H]3C(=O)O)CC1.Cl. The molecule has 4 rings (SSSR count). The summed E-state index contributed by atoms with van der Waals surface area (Å²) in [6.07, 6.45) is 6.39. The Morgan fingerprint density at radius 3 is 2.68 bits per heavy atom. The number of carbonyl (C=O) groups is 2. The number of carbonyl (C=O) groups excluding carboxylic acids is 1. The van der Waals surface area contributed by atoms with Gasteiger partial charge in [0.15, 0.2) is 6.04 Å². The summed E-state index contributed by atoms with van der Waals surface area (Å²) in [4.78, 5) is 39.4. The van der Waals surface area contributed by atoms with E-state index in [4.69, 9.17) is 0 Å². The van der Waals surface area contributed by atoms with Crippen molar-refractivity contribution < 1.29 is 14.7 Å². The Bertz CT molecular complexity index is 753. The van der Waals surface area contributed by atoms with Crippen LogP contribution in [0.25, 0.3) is 0 Å². The zero-order chi connectivity index (χ0) is 21.5. The molecule has 8 nitrogen and oxygen atoms in total. The molecular weight excluding hydrogens is 438 g/mol. The molecule has 0 aliphatic carbocycles. The van der Waals surface area contributed by atoms with E-state index in [-0.39, 0.29) is 23.7 Å². The van der Waals surface area contributed by atoms with E-state index >= 15 is 0 Å². The number of piperidine rings is 1. The second-order valence-corrected chi connectivity index (χ2v) is 11.0. The van der Waals surface area contributed by atoms with E-state index in [9.17, 15) is 14.7 Å². The quantitative estimate of drug-likeness (QED) is 0.348. The monoisotopic (exact) mass is 471 g/mol. The molecule has 174 valence electrons. The van der Waals surface area contributed by atoms with Crippen LogP contribution in [0.5, 0.6) is 0 Å². The highest BCUT2D eigenvalue weighted by atomic mass is 35.5. The van der Waals surface area contributed by atoms with Crippen molar-refractivity contribution >= 4 is 48.2 Å². The number of fused-ring (bicyclic) bond motifs is 1. The molecule has 10 heteroatoms. The minimum absolute atomic E-state index is 0. The van der Waals surface area contributed by atoms with Crippen LogP contribution < -0.4 is 0 Å². The number of amidine groups is 1. The first-order valence-electron chi connectivity index (χ1n) is 11.1. The minimum atomic E-state index is -0.932. The van der Waals surface area contributed by atoms with Crippen molar-refractivity contribution in [2.45, 2.75) is 68.7 Å². The minimum Gasteiger partial charge on any atom is -0.480 e. The topological polar surface area (TPSA) is 88.8 Å². The van der Waals surface area contributed by atoms with Gasteiger partial charge in [0.25, 0.3) is 5.91 Å². The predicted molar refractivity (Wildman–Crippen MR) is 126 cm³/mol. The number of hydrogen-bond donors (Lipinski definition) is 1. The van der Waals surface area contributed by atoms with E-state index < -0.39 is 22.8 Å². The number of aliphatic imine (C=N–C) groups is 2. The summed E-state index contributed by atoms with van der Waals surface area (Å²) in [5.41, 5.74) is 0. The molecular formula is C21H34ClN5O3S. The number of thioether (sulfide) groups is 1. The number of carboxylic acid groups (broad SMARTS) is 1. The van der Waals surface area contributed by atoms with Crippen LogP contribution in [-0.4, -0.2) is 98.8 Å². The molecule has 4 aliphatic heterocycles. The fourth-order valence-corrected chi connectivity index (χ4v) is 6.71. The molecule has 1 amide bonds. The van der Waals surface area contributed by atoms with Crippen molar-refractivity contribution in [1.82, 2.24) is 14.7 Å². The number of halogens is 1. The number of likely N-dealkylation sites (N-methyl/N-ethyl adjacent to an activating group) is 1. The molecule has 0 aromatic heterocycles. The molecule has 3 atom stereocenters. The van der Waals surface area contributed by atoms with Gasteiger partial charge in [0.2, 0.25) is 0 Å². The van der Waals surface area contributed by atoms with Gasteiger partial charge < -0.3 is 19.8 Å². The molecule has 1 N–H and O–H groups in total. The largest absolute Gasteiger partial charge is 0.480 e. The molecule has 3 saturated heterocycles. The molecule has 0 spiro atoms. The average molecular weight is 472 g/mol. The van der Waals surface area contributed by atoms with E-state index in [2.05, 4.69) is 26.7 Å². The number of likely N-dealkylation sites (tertiary alicyclic amines) is 1. The van der Waals surface area contributed by atoms with Crippen LogP contribution in [0.3, 0.4) is 0 Å². The van der Waals surface area contributed by atoms with E-state index in [1.165, 1.54) is 17.2 Å². The fourth-order valence-electron chi connectivity index (χ4n) is 5.09.